The lowest BCUT2D eigenvalue weighted by atomic mass is 10.2. The Morgan fingerprint density at radius 1 is 1.16 bits per heavy atom. The van der Waals surface area contributed by atoms with E-state index in [1.807, 2.05) is 12.1 Å². The van der Waals surface area contributed by atoms with Crippen LogP contribution in [-0.2, 0) is 4.74 Å². The number of hydrogen-bond acceptors (Lipinski definition) is 5. The van der Waals surface area contributed by atoms with E-state index in [0.717, 1.165) is 24.6 Å². The summed E-state index contributed by atoms with van der Waals surface area (Å²) in [7, 11) is 1.65. The van der Waals surface area contributed by atoms with E-state index in [-0.39, 0.29) is 5.91 Å². The van der Waals surface area contributed by atoms with E-state index in [4.69, 9.17) is 4.74 Å². The van der Waals surface area contributed by atoms with E-state index in [1.165, 1.54) is 18.5 Å². The maximum Gasteiger partial charge on any atom is 0.257 e. The van der Waals surface area contributed by atoms with Crippen LogP contribution in [0.5, 0.6) is 0 Å². The van der Waals surface area contributed by atoms with Crippen LogP contribution in [-0.4, -0.2) is 44.2 Å². The third-order valence-corrected chi connectivity index (χ3v) is 4.23. The fourth-order valence-corrected chi connectivity index (χ4v) is 2.85. The maximum atomic E-state index is 12.3. The number of nitrogens with zero attached hydrogens (tertiary/aromatic N) is 2. The topological polar surface area (TPSA) is 66.5 Å². The highest BCUT2D eigenvalue weighted by Crippen LogP contribution is 2.22. The number of pyridine rings is 1. The number of carbonyl (C=O) groups excluding carboxylic acids is 1. The minimum atomic E-state index is -0.162. The van der Waals surface area contributed by atoms with Crippen molar-refractivity contribution in [3.8, 4) is 0 Å². The molecule has 1 aromatic heterocycles. The predicted octanol–water partition coefficient (Wildman–Crippen LogP) is 2.99. The fraction of sp³-hybridized carbons (Fsp3) is 0.368. The molecule has 1 fully saturated rings. The van der Waals surface area contributed by atoms with E-state index >= 15 is 0 Å². The highest BCUT2D eigenvalue weighted by Gasteiger charge is 2.12. The first-order valence-electron chi connectivity index (χ1n) is 8.61. The summed E-state index contributed by atoms with van der Waals surface area (Å²) < 4.78 is 4.98. The Morgan fingerprint density at radius 3 is 2.56 bits per heavy atom. The zero-order chi connectivity index (χ0) is 17.5. The van der Waals surface area contributed by atoms with Crippen LogP contribution in [0.2, 0.25) is 0 Å². The molecule has 2 N–H and O–H groups in total. The molecule has 1 aromatic carbocycles. The van der Waals surface area contributed by atoms with Gasteiger partial charge in [-0.1, -0.05) is 0 Å². The molecule has 6 heteroatoms. The molecule has 2 aromatic rings. The van der Waals surface area contributed by atoms with Crippen molar-refractivity contribution in [2.75, 3.05) is 48.9 Å². The van der Waals surface area contributed by atoms with Gasteiger partial charge in [0, 0.05) is 44.3 Å². The van der Waals surface area contributed by atoms with E-state index in [0.29, 0.717) is 18.7 Å². The van der Waals surface area contributed by atoms with Crippen molar-refractivity contribution < 1.29 is 9.53 Å². The first-order valence-corrected chi connectivity index (χ1v) is 8.61. The molecule has 132 valence electrons. The van der Waals surface area contributed by atoms with Gasteiger partial charge in [0.2, 0.25) is 0 Å². The first-order chi connectivity index (χ1) is 12.3. The average molecular weight is 340 g/mol. The summed E-state index contributed by atoms with van der Waals surface area (Å²) >= 11 is 0. The van der Waals surface area contributed by atoms with Gasteiger partial charge in [0.05, 0.1) is 12.2 Å². The van der Waals surface area contributed by atoms with Crippen LogP contribution in [0, 0.1) is 0 Å². The summed E-state index contributed by atoms with van der Waals surface area (Å²) in [5.74, 6) is 0.563. The van der Waals surface area contributed by atoms with Gasteiger partial charge in [-0.3, -0.25) is 4.79 Å². The highest BCUT2D eigenvalue weighted by atomic mass is 16.5. The Labute approximate surface area is 148 Å². The van der Waals surface area contributed by atoms with Crippen LogP contribution in [0.15, 0.2) is 42.6 Å². The second-order valence-electron chi connectivity index (χ2n) is 6.05. The van der Waals surface area contributed by atoms with Crippen molar-refractivity contribution in [1.82, 2.24) is 4.98 Å². The number of methoxy groups -OCH3 is 1. The lowest BCUT2D eigenvalue weighted by molar-refractivity contribution is 0.102. The van der Waals surface area contributed by atoms with Crippen LogP contribution >= 0.6 is 0 Å². The standard InChI is InChI=1S/C19H24N4O2/c1-25-13-10-20-18-9-4-15(14-21-18)19(24)22-16-5-7-17(8-6-16)23-11-2-3-12-23/h4-9,14H,2-3,10-13H2,1H3,(H,20,21)(H,22,24). The van der Waals surface area contributed by atoms with Crippen molar-refractivity contribution in [3.05, 3.63) is 48.2 Å². The lowest BCUT2D eigenvalue weighted by Gasteiger charge is -2.17. The number of aromatic nitrogens is 1. The molecule has 2 heterocycles. The Kier molecular flexibility index (Phi) is 5.85. The Hall–Kier alpha value is -2.60. The van der Waals surface area contributed by atoms with Crippen molar-refractivity contribution in [3.63, 3.8) is 0 Å². The summed E-state index contributed by atoms with van der Waals surface area (Å²) in [6, 6.07) is 11.6. The molecule has 1 saturated heterocycles. The maximum absolute atomic E-state index is 12.3. The molecule has 0 atom stereocenters. The lowest BCUT2D eigenvalue weighted by Crippen LogP contribution is -2.17. The third kappa shape index (κ3) is 4.70. The van der Waals surface area contributed by atoms with Crippen LogP contribution in [0.1, 0.15) is 23.2 Å². The Bertz CT molecular complexity index is 680. The van der Waals surface area contributed by atoms with Gasteiger partial charge in [0.15, 0.2) is 0 Å². The Morgan fingerprint density at radius 2 is 1.92 bits per heavy atom. The molecule has 25 heavy (non-hydrogen) atoms. The SMILES string of the molecule is COCCNc1ccc(C(=O)Nc2ccc(N3CCCC3)cc2)cn1. The van der Waals surface area contributed by atoms with E-state index in [9.17, 15) is 4.79 Å². The van der Waals surface area contributed by atoms with E-state index < -0.39 is 0 Å². The van der Waals surface area contributed by atoms with Gasteiger partial charge in [-0.15, -0.1) is 0 Å². The van der Waals surface area contributed by atoms with E-state index in [1.54, 1.807) is 25.4 Å². The van der Waals surface area contributed by atoms with E-state index in [2.05, 4.69) is 32.7 Å². The normalized spacial score (nSPS) is 13.7. The van der Waals surface area contributed by atoms with Crippen molar-refractivity contribution in [2.45, 2.75) is 12.8 Å². The van der Waals surface area contributed by atoms with Crippen molar-refractivity contribution in [1.29, 1.82) is 0 Å². The zero-order valence-electron chi connectivity index (χ0n) is 14.5. The number of nitrogens with one attached hydrogen (secondary N) is 2. The molecule has 0 saturated carbocycles. The summed E-state index contributed by atoms with van der Waals surface area (Å²) in [6.07, 6.45) is 4.08. The number of ether oxygens (including phenoxy) is 1. The van der Waals surface area contributed by atoms with Crippen molar-refractivity contribution >= 4 is 23.1 Å². The zero-order valence-corrected chi connectivity index (χ0v) is 14.5. The number of rotatable bonds is 7. The second-order valence-corrected chi connectivity index (χ2v) is 6.05. The highest BCUT2D eigenvalue weighted by molar-refractivity contribution is 6.04. The van der Waals surface area contributed by atoms with Crippen LogP contribution in [0.3, 0.4) is 0 Å². The molecular weight excluding hydrogens is 316 g/mol. The summed E-state index contributed by atoms with van der Waals surface area (Å²) in [5, 5.41) is 6.03. The second kappa shape index (κ2) is 8.48. The smallest absolute Gasteiger partial charge is 0.257 e. The molecular formula is C19H24N4O2. The fourth-order valence-electron chi connectivity index (χ4n) is 2.85. The molecule has 1 aliphatic rings. The molecule has 0 radical (unpaired) electrons. The molecule has 6 nitrogen and oxygen atoms in total. The van der Waals surface area contributed by atoms with Gasteiger partial charge in [-0.25, -0.2) is 4.98 Å². The van der Waals surface area contributed by atoms with Crippen LogP contribution in [0.4, 0.5) is 17.2 Å². The molecule has 1 aliphatic heterocycles. The molecule has 0 aliphatic carbocycles. The molecule has 0 bridgehead atoms. The van der Waals surface area contributed by atoms with Gasteiger partial charge in [-0.05, 0) is 49.2 Å². The summed E-state index contributed by atoms with van der Waals surface area (Å²) in [5.41, 5.74) is 2.53. The summed E-state index contributed by atoms with van der Waals surface area (Å²) in [6.45, 7) is 3.51. The number of hydrogen-bond donors (Lipinski definition) is 2. The number of benzene rings is 1. The number of anilines is 3. The van der Waals surface area contributed by atoms with Gasteiger partial charge in [0.1, 0.15) is 5.82 Å². The quantitative estimate of drug-likeness (QED) is 0.759. The number of carbonyl (C=O) groups is 1. The predicted molar refractivity (Wildman–Crippen MR) is 100 cm³/mol. The van der Waals surface area contributed by atoms with Crippen LogP contribution in [0.25, 0.3) is 0 Å². The molecule has 1 amide bonds. The third-order valence-electron chi connectivity index (χ3n) is 4.23. The largest absolute Gasteiger partial charge is 0.383 e. The Balaban J connectivity index is 1.56. The average Bonchev–Trinajstić information content (AvgIpc) is 3.18. The minimum Gasteiger partial charge on any atom is -0.383 e. The van der Waals surface area contributed by atoms with Gasteiger partial charge in [-0.2, -0.15) is 0 Å². The minimum absolute atomic E-state index is 0.162. The monoisotopic (exact) mass is 340 g/mol. The molecule has 0 spiro atoms. The van der Waals surface area contributed by atoms with Gasteiger partial charge < -0.3 is 20.3 Å². The first kappa shape index (κ1) is 17.2. The van der Waals surface area contributed by atoms with Gasteiger partial charge in [0.25, 0.3) is 5.91 Å². The number of amides is 1. The summed E-state index contributed by atoms with van der Waals surface area (Å²) in [4.78, 5) is 18.9. The molecule has 0 unspecified atom stereocenters. The molecule has 3 rings (SSSR count). The van der Waals surface area contributed by atoms with Crippen LogP contribution < -0.4 is 15.5 Å². The van der Waals surface area contributed by atoms with Crippen molar-refractivity contribution in [2.24, 2.45) is 0 Å². The van der Waals surface area contributed by atoms with Gasteiger partial charge >= 0.3 is 0 Å².